The molecule has 2 amide bonds. The van der Waals surface area contributed by atoms with Crippen molar-refractivity contribution in [3.63, 3.8) is 0 Å². The summed E-state index contributed by atoms with van der Waals surface area (Å²) in [7, 11) is 0. The summed E-state index contributed by atoms with van der Waals surface area (Å²) in [6.07, 6.45) is 1.73. The van der Waals surface area contributed by atoms with E-state index in [1.54, 1.807) is 6.07 Å². The maximum Gasteiger partial charge on any atom is 0.230 e. The molecule has 0 radical (unpaired) electrons. The first kappa shape index (κ1) is 23.0. The fraction of sp³-hybridized carbons (Fsp3) is 0.348. The van der Waals surface area contributed by atoms with E-state index in [1.165, 1.54) is 0 Å². The van der Waals surface area contributed by atoms with Gasteiger partial charge in [-0.3, -0.25) is 9.59 Å². The van der Waals surface area contributed by atoms with Crippen LogP contribution in [0, 0.1) is 0 Å². The molecular formula is C23H27ClN4O2S. The molecule has 2 aromatic carbocycles. The molecule has 0 bridgehead atoms. The number of hydrogen-bond acceptors (Lipinski definition) is 4. The fourth-order valence-corrected chi connectivity index (χ4v) is 4.06. The molecule has 31 heavy (non-hydrogen) atoms. The molecule has 8 heteroatoms. The molecule has 0 aliphatic carbocycles. The van der Waals surface area contributed by atoms with Gasteiger partial charge in [-0.2, -0.15) is 0 Å². The highest BCUT2D eigenvalue weighted by Gasteiger charge is 2.22. The minimum Gasteiger partial charge on any atom is -0.367 e. The number of hydrogen-bond donors (Lipinski definition) is 2. The van der Waals surface area contributed by atoms with Gasteiger partial charge in [0.05, 0.1) is 17.1 Å². The van der Waals surface area contributed by atoms with Crippen LogP contribution >= 0.6 is 23.8 Å². The smallest absolute Gasteiger partial charge is 0.230 e. The number of nitrogens with one attached hydrogen (secondary N) is 2. The molecule has 1 heterocycles. The Kier molecular flexibility index (Phi) is 8.26. The normalized spacial score (nSPS) is 13.6. The van der Waals surface area contributed by atoms with Crippen molar-refractivity contribution in [1.82, 2.24) is 10.2 Å². The van der Waals surface area contributed by atoms with Gasteiger partial charge in [-0.1, -0.05) is 48.9 Å². The summed E-state index contributed by atoms with van der Waals surface area (Å²) in [5.74, 6) is 0.0394. The van der Waals surface area contributed by atoms with Crippen LogP contribution in [0.5, 0.6) is 0 Å². The minimum atomic E-state index is -0.179. The van der Waals surface area contributed by atoms with Gasteiger partial charge >= 0.3 is 0 Å². The van der Waals surface area contributed by atoms with E-state index in [2.05, 4.69) is 15.5 Å². The van der Waals surface area contributed by atoms with Crippen LogP contribution in [0.4, 0.5) is 11.4 Å². The average molecular weight is 459 g/mol. The fourth-order valence-electron chi connectivity index (χ4n) is 3.52. The summed E-state index contributed by atoms with van der Waals surface area (Å²) in [6, 6.07) is 15.1. The van der Waals surface area contributed by atoms with Crippen molar-refractivity contribution in [2.45, 2.75) is 26.2 Å². The molecule has 0 aromatic heterocycles. The lowest BCUT2D eigenvalue weighted by Gasteiger charge is -2.36. The number of piperazine rings is 1. The zero-order valence-corrected chi connectivity index (χ0v) is 19.1. The van der Waals surface area contributed by atoms with Gasteiger partial charge in [-0.15, -0.1) is 0 Å². The second-order valence-electron chi connectivity index (χ2n) is 7.45. The molecular weight excluding hydrogens is 432 g/mol. The van der Waals surface area contributed by atoms with Crippen LogP contribution in [0.1, 0.15) is 25.3 Å². The Bertz CT molecular complexity index is 930. The van der Waals surface area contributed by atoms with Crippen LogP contribution in [-0.4, -0.2) is 48.0 Å². The van der Waals surface area contributed by atoms with Crippen LogP contribution in [0.3, 0.4) is 0 Å². The van der Waals surface area contributed by atoms with E-state index < -0.39 is 0 Å². The van der Waals surface area contributed by atoms with E-state index in [9.17, 15) is 9.59 Å². The van der Waals surface area contributed by atoms with Gasteiger partial charge in [0, 0.05) is 38.3 Å². The number of benzene rings is 2. The SMILES string of the molecule is CCCC(=O)N1CCN(c2ccc(NC(=S)NC(=O)Cc3ccccc3)cc2Cl)CC1. The van der Waals surface area contributed by atoms with Crippen molar-refractivity contribution in [3.8, 4) is 0 Å². The van der Waals surface area contributed by atoms with Gasteiger partial charge < -0.3 is 20.4 Å². The van der Waals surface area contributed by atoms with Gasteiger partial charge in [-0.05, 0) is 42.4 Å². The molecule has 0 atom stereocenters. The van der Waals surface area contributed by atoms with Gasteiger partial charge in [0.2, 0.25) is 11.8 Å². The van der Waals surface area contributed by atoms with Crippen molar-refractivity contribution in [3.05, 3.63) is 59.1 Å². The van der Waals surface area contributed by atoms with Gasteiger partial charge in [0.1, 0.15) is 0 Å². The summed E-state index contributed by atoms with van der Waals surface area (Å²) in [6.45, 7) is 4.91. The monoisotopic (exact) mass is 458 g/mol. The topological polar surface area (TPSA) is 64.7 Å². The zero-order chi connectivity index (χ0) is 22.2. The van der Waals surface area contributed by atoms with Crippen LogP contribution in [-0.2, 0) is 16.0 Å². The zero-order valence-electron chi connectivity index (χ0n) is 17.6. The molecule has 6 nitrogen and oxygen atoms in total. The second-order valence-corrected chi connectivity index (χ2v) is 8.26. The molecule has 2 aromatic rings. The summed E-state index contributed by atoms with van der Waals surface area (Å²) in [5, 5.41) is 6.52. The Hall–Kier alpha value is -2.64. The lowest BCUT2D eigenvalue weighted by Crippen LogP contribution is -2.48. The first-order valence-electron chi connectivity index (χ1n) is 10.4. The third kappa shape index (κ3) is 6.67. The maximum absolute atomic E-state index is 12.2. The molecule has 0 spiro atoms. The second kappa shape index (κ2) is 11.1. The van der Waals surface area contributed by atoms with Crippen LogP contribution in [0.25, 0.3) is 0 Å². The van der Waals surface area contributed by atoms with E-state index in [0.29, 0.717) is 30.2 Å². The number of amides is 2. The molecule has 0 saturated carbocycles. The van der Waals surface area contributed by atoms with Gasteiger partial charge in [-0.25, -0.2) is 0 Å². The van der Waals surface area contributed by atoms with Crippen LogP contribution < -0.4 is 15.5 Å². The largest absolute Gasteiger partial charge is 0.367 e. The third-order valence-corrected chi connectivity index (χ3v) is 5.61. The van der Waals surface area contributed by atoms with E-state index in [0.717, 1.165) is 30.8 Å². The quantitative estimate of drug-likeness (QED) is 0.644. The summed E-state index contributed by atoms with van der Waals surface area (Å²) in [4.78, 5) is 28.3. The highest BCUT2D eigenvalue weighted by molar-refractivity contribution is 7.80. The number of carbonyl (C=O) groups is 2. The summed E-state index contributed by atoms with van der Waals surface area (Å²) in [5.41, 5.74) is 2.55. The van der Waals surface area contributed by atoms with Crippen molar-refractivity contribution >= 4 is 52.1 Å². The van der Waals surface area contributed by atoms with E-state index in [1.807, 2.05) is 54.3 Å². The van der Waals surface area contributed by atoms with E-state index in [4.69, 9.17) is 23.8 Å². The lowest BCUT2D eigenvalue weighted by atomic mass is 10.1. The number of anilines is 2. The molecule has 1 aliphatic heterocycles. The molecule has 1 aliphatic rings. The third-order valence-electron chi connectivity index (χ3n) is 5.10. The molecule has 2 N–H and O–H groups in total. The Balaban J connectivity index is 1.52. The van der Waals surface area contributed by atoms with Crippen LogP contribution in [0.2, 0.25) is 5.02 Å². The Morgan fingerprint density at radius 1 is 1.06 bits per heavy atom. The Morgan fingerprint density at radius 3 is 2.42 bits per heavy atom. The Labute approximate surface area is 193 Å². The van der Waals surface area contributed by atoms with E-state index >= 15 is 0 Å². The van der Waals surface area contributed by atoms with Crippen molar-refractivity contribution < 1.29 is 9.59 Å². The van der Waals surface area contributed by atoms with Crippen molar-refractivity contribution in [2.24, 2.45) is 0 Å². The number of nitrogens with zero attached hydrogens (tertiary/aromatic N) is 2. The van der Waals surface area contributed by atoms with Crippen molar-refractivity contribution in [1.29, 1.82) is 0 Å². The maximum atomic E-state index is 12.2. The molecule has 3 rings (SSSR count). The number of thiocarbonyl (C=S) groups is 1. The Morgan fingerprint density at radius 2 is 1.77 bits per heavy atom. The number of carbonyl (C=O) groups excluding carboxylic acids is 2. The van der Waals surface area contributed by atoms with E-state index in [-0.39, 0.29) is 23.3 Å². The highest BCUT2D eigenvalue weighted by atomic mass is 35.5. The summed E-state index contributed by atoms with van der Waals surface area (Å²) < 4.78 is 0. The average Bonchev–Trinajstić information content (AvgIpc) is 2.74. The number of rotatable bonds is 6. The van der Waals surface area contributed by atoms with Crippen LogP contribution in [0.15, 0.2) is 48.5 Å². The molecule has 1 saturated heterocycles. The first-order chi connectivity index (χ1) is 15.0. The molecule has 1 fully saturated rings. The predicted molar refractivity (Wildman–Crippen MR) is 130 cm³/mol. The standard InChI is InChI=1S/C23H27ClN4O2S/c1-2-6-22(30)28-13-11-27(12-14-28)20-10-9-18(16-19(20)24)25-23(31)26-21(29)15-17-7-4-3-5-8-17/h3-5,7-10,16H,2,6,11-15H2,1H3,(H2,25,26,29,31). The number of halogens is 1. The predicted octanol–water partition coefficient (Wildman–Crippen LogP) is 3.84. The van der Waals surface area contributed by atoms with Gasteiger partial charge in [0.25, 0.3) is 0 Å². The van der Waals surface area contributed by atoms with Crippen molar-refractivity contribution in [2.75, 3.05) is 36.4 Å². The van der Waals surface area contributed by atoms with Gasteiger partial charge in [0.15, 0.2) is 5.11 Å². The molecule has 164 valence electrons. The lowest BCUT2D eigenvalue weighted by molar-refractivity contribution is -0.131. The minimum absolute atomic E-state index is 0.179. The summed E-state index contributed by atoms with van der Waals surface area (Å²) >= 11 is 11.8. The first-order valence-corrected chi connectivity index (χ1v) is 11.2. The highest BCUT2D eigenvalue weighted by Crippen LogP contribution is 2.29. The molecule has 0 unspecified atom stereocenters.